The molecule has 1 aromatic rings. The second-order valence-electron chi connectivity index (χ2n) is 5.95. The van der Waals surface area contributed by atoms with E-state index in [1.54, 1.807) is 0 Å². The summed E-state index contributed by atoms with van der Waals surface area (Å²) in [4.78, 5) is 12.2. The first-order valence-electron chi connectivity index (χ1n) is 7.75. The largest absolute Gasteiger partial charge is 0.353 e. The molecular formula is C17H26N2O. The Bertz CT molecular complexity index is 421. The van der Waals surface area contributed by atoms with Crippen LogP contribution in [0.15, 0.2) is 24.3 Å². The predicted molar refractivity (Wildman–Crippen MR) is 82.6 cm³/mol. The number of hydrogen-bond donors (Lipinski definition) is 2. The van der Waals surface area contributed by atoms with E-state index < -0.39 is 0 Å². The number of nitrogens with one attached hydrogen (secondary N) is 1. The first kappa shape index (κ1) is 15.0. The van der Waals surface area contributed by atoms with Crippen LogP contribution in [0.5, 0.6) is 0 Å². The van der Waals surface area contributed by atoms with Gasteiger partial charge in [-0.15, -0.1) is 0 Å². The summed E-state index contributed by atoms with van der Waals surface area (Å²) in [6, 6.07) is 8.71. The van der Waals surface area contributed by atoms with Gasteiger partial charge in [-0.05, 0) is 31.9 Å². The van der Waals surface area contributed by atoms with Gasteiger partial charge in [-0.3, -0.25) is 4.79 Å². The smallest absolute Gasteiger partial charge is 0.220 e. The lowest BCUT2D eigenvalue weighted by atomic mass is 9.93. The summed E-state index contributed by atoms with van der Waals surface area (Å²) < 4.78 is 0. The molecule has 3 heteroatoms. The highest BCUT2D eigenvalue weighted by Crippen LogP contribution is 2.21. The van der Waals surface area contributed by atoms with E-state index in [9.17, 15) is 4.79 Å². The molecule has 0 saturated heterocycles. The second-order valence-corrected chi connectivity index (χ2v) is 5.95. The van der Waals surface area contributed by atoms with Gasteiger partial charge in [-0.25, -0.2) is 0 Å². The van der Waals surface area contributed by atoms with Gasteiger partial charge in [0.1, 0.15) is 0 Å². The second kappa shape index (κ2) is 7.44. The molecule has 0 aliphatic heterocycles. The molecule has 0 heterocycles. The average Bonchev–Trinajstić information content (AvgIpc) is 2.47. The van der Waals surface area contributed by atoms with E-state index in [2.05, 4.69) is 36.5 Å². The van der Waals surface area contributed by atoms with Gasteiger partial charge in [0.25, 0.3) is 0 Å². The van der Waals surface area contributed by atoms with E-state index in [1.165, 1.54) is 24.8 Å². The number of rotatable bonds is 5. The molecule has 1 unspecified atom stereocenters. The van der Waals surface area contributed by atoms with Crippen molar-refractivity contribution >= 4 is 5.91 Å². The van der Waals surface area contributed by atoms with Gasteiger partial charge in [-0.2, -0.15) is 0 Å². The summed E-state index contributed by atoms with van der Waals surface area (Å²) in [5.41, 5.74) is 8.24. The van der Waals surface area contributed by atoms with Crippen molar-refractivity contribution in [3.8, 4) is 0 Å². The van der Waals surface area contributed by atoms with Crippen LogP contribution in [0.4, 0.5) is 0 Å². The maximum atomic E-state index is 12.2. The highest BCUT2D eigenvalue weighted by molar-refractivity contribution is 5.77. The van der Waals surface area contributed by atoms with E-state index in [-0.39, 0.29) is 11.8 Å². The molecule has 0 spiro atoms. The van der Waals surface area contributed by atoms with E-state index in [0.29, 0.717) is 19.0 Å². The molecule has 1 aliphatic rings. The Morgan fingerprint density at radius 1 is 1.25 bits per heavy atom. The summed E-state index contributed by atoms with van der Waals surface area (Å²) in [6.45, 7) is 2.58. The fourth-order valence-corrected chi connectivity index (χ4v) is 2.93. The van der Waals surface area contributed by atoms with Crippen LogP contribution < -0.4 is 11.1 Å². The van der Waals surface area contributed by atoms with Gasteiger partial charge < -0.3 is 11.1 Å². The van der Waals surface area contributed by atoms with Gasteiger partial charge in [0, 0.05) is 18.4 Å². The van der Waals surface area contributed by atoms with Gasteiger partial charge in [0.05, 0.1) is 0 Å². The standard InChI is InChI=1S/C17H26N2O/c1-13-7-9-14(10-8-13)15(12-18)11-17(20)19-16-5-3-2-4-6-16/h7-10,15-16H,2-6,11-12,18H2,1H3,(H,19,20). The van der Waals surface area contributed by atoms with Crippen LogP contribution >= 0.6 is 0 Å². The van der Waals surface area contributed by atoms with E-state index in [0.717, 1.165) is 18.4 Å². The molecule has 110 valence electrons. The monoisotopic (exact) mass is 274 g/mol. The molecule has 2 rings (SSSR count). The Morgan fingerprint density at radius 2 is 1.90 bits per heavy atom. The molecule has 1 aliphatic carbocycles. The molecule has 0 bridgehead atoms. The third-order valence-corrected chi connectivity index (χ3v) is 4.24. The zero-order valence-corrected chi connectivity index (χ0v) is 12.4. The molecule has 3 N–H and O–H groups in total. The van der Waals surface area contributed by atoms with Gasteiger partial charge >= 0.3 is 0 Å². The number of carbonyl (C=O) groups excluding carboxylic acids is 1. The van der Waals surface area contributed by atoms with Crippen LogP contribution in [0.25, 0.3) is 0 Å². The normalized spacial score (nSPS) is 17.7. The predicted octanol–water partition coefficient (Wildman–Crippen LogP) is 2.88. The zero-order valence-electron chi connectivity index (χ0n) is 12.4. The first-order chi connectivity index (χ1) is 9.69. The number of nitrogens with two attached hydrogens (primary N) is 1. The van der Waals surface area contributed by atoms with E-state index in [4.69, 9.17) is 5.73 Å². The van der Waals surface area contributed by atoms with Crippen molar-refractivity contribution in [2.45, 2.75) is 57.4 Å². The zero-order chi connectivity index (χ0) is 14.4. The molecule has 1 fully saturated rings. The summed E-state index contributed by atoms with van der Waals surface area (Å²) in [5, 5.41) is 3.17. The van der Waals surface area contributed by atoms with Crippen LogP contribution in [0, 0.1) is 6.92 Å². The lowest BCUT2D eigenvalue weighted by molar-refractivity contribution is -0.122. The van der Waals surface area contributed by atoms with Crippen LogP contribution in [0.1, 0.15) is 55.6 Å². The van der Waals surface area contributed by atoms with Crippen molar-refractivity contribution in [2.24, 2.45) is 5.73 Å². The minimum atomic E-state index is 0.124. The van der Waals surface area contributed by atoms with Gasteiger partial charge in [0.2, 0.25) is 5.91 Å². The quantitative estimate of drug-likeness (QED) is 0.867. The van der Waals surface area contributed by atoms with E-state index >= 15 is 0 Å². The molecule has 0 radical (unpaired) electrons. The lowest BCUT2D eigenvalue weighted by Gasteiger charge is -2.24. The number of hydrogen-bond acceptors (Lipinski definition) is 2. The molecule has 1 saturated carbocycles. The Labute approximate surface area is 121 Å². The van der Waals surface area contributed by atoms with Gasteiger partial charge in [0.15, 0.2) is 0 Å². The molecule has 3 nitrogen and oxygen atoms in total. The minimum Gasteiger partial charge on any atom is -0.353 e. The minimum absolute atomic E-state index is 0.124. The fraction of sp³-hybridized carbons (Fsp3) is 0.588. The van der Waals surface area contributed by atoms with Crippen LogP contribution in [0.2, 0.25) is 0 Å². The Balaban J connectivity index is 1.88. The molecule has 1 aromatic carbocycles. The summed E-state index contributed by atoms with van der Waals surface area (Å²) in [5.74, 6) is 0.270. The van der Waals surface area contributed by atoms with Crippen LogP contribution in [-0.4, -0.2) is 18.5 Å². The lowest BCUT2D eigenvalue weighted by Crippen LogP contribution is -2.37. The van der Waals surface area contributed by atoms with Crippen molar-refractivity contribution in [2.75, 3.05) is 6.54 Å². The molecule has 1 atom stereocenters. The van der Waals surface area contributed by atoms with Crippen molar-refractivity contribution < 1.29 is 4.79 Å². The number of benzene rings is 1. The van der Waals surface area contributed by atoms with Crippen molar-refractivity contribution in [3.05, 3.63) is 35.4 Å². The van der Waals surface area contributed by atoms with Crippen molar-refractivity contribution in [3.63, 3.8) is 0 Å². The first-order valence-corrected chi connectivity index (χ1v) is 7.75. The molecule has 20 heavy (non-hydrogen) atoms. The summed E-state index contributed by atoms with van der Waals surface area (Å²) in [6.07, 6.45) is 6.54. The molecule has 1 amide bonds. The maximum Gasteiger partial charge on any atom is 0.220 e. The van der Waals surface area contributed by atoms with Gasteiger partial charge in [-0.1, -0.05) is 49.1 Å². The average molecular weight is 274 g/mol. The van der Waals surface area contributed by atoms with Crippen molar-refractivity contribution in [1.29, 1.82) is 0 Å². The number of aryl methyl sites for hydroxylation is 1. The van der Waals surface area contributed by atoms with Crippen LogP contribution in [0.3, 0.4) is 0 Å². The molecular weight excluding hydrogens is 248 g/mol. The number of amides is 1. The summed E-state index contributed by atoms with van der Waals surface area (Å²) in [7, 11) is 0. The highest BCUT2D eigenvalue weighted by atomic mass is 16.1. The number of carbonyl (C=O) groups is 1. The Morgan fingerprint density at radius 3 is 2.50 bits per heavy atom. The Hall–Kier alpha value is -1.35. The third-order valence-electron chi connectivity index (χ3n) is 4.24. The van der Waals surface area contributed by atoms with Crippen molar-refractivity contribution in [1.82, 2.24) is 5.32 Å². The fourth-order valence-electron chi connectivity index (χ4n) is 2.93. The van der Waals surface area contributed by atoms with E-state index in [1.807, 2.05) is 0 Å². The highest BCUT2D eigenvalue weighted by Gasteiger charge is 2.19. The van der Waals surface area contributed by atoms with Crippen LogP contribution in [-0.2, 0) is 4.79 Å². The Kier molecular flexibility index (Phi) is 5.60. The SMILES string of the molecule is Cc1ccc(C(CN)CC(=O)NC2CCCCC2)cc1. The topological polar surface area (TPSA) is 55.1 Å². The summed E-state index contributed by atoms with van der Waals surface area (Å²) >= 11 is 0. The molecule has 0 aromatic heterocycles. The maximum absolute atomic E-state index is 12.2. The third kappa shape index (κ3) is 4.34.